The van der Waals surface area contributed by atoms with Crippen LogP contribution in [-0.2, 0) is 17.8 Å². The van der Waals surface area contributed by atoms with Crippen molar-refractivity contribution in [3.63, 3.8) is 0 Å². The van der Waals surface area contributed by atoms with Gasteiger partial charge in [-0.15, -0.1) is 0 Å². The number of fused-ring (bicyclic) bond motifs is 1. The van der Waals surface area contributed by atoms with Crippen molar-refractivity contribution in [3.8, 4) is 11.5 Å². The first-order valence-corrected chi connectivity index (χ1v) is 10.2. The molecule has 1 amide bonds. The van der Waals surface area contributed by atoms with E-state index in [-0.39, 0.29) is 18.1 Å². The molecule has 0 atom stereocenters. The molecule has 0 unspecified atom stereocenters. The van der Waals surface area contributed by atoms with Crippen LogP contribution in [0.15, 0.2) is 48.7 Å². The van der Waals surface area contributed by atoms with Crippen LogP contribution in [0.3, 0.4) is 0 Å². The summed E-state index contributed by atoms with van der Waals surface area (Å²) in [6, 6.07) is 14.1. The average molecular weight is 410 g/mol. The molecular formula is C24H31N3O3. The maximum atomic E-state index is 12.1. The molecule has 160 valence electrons. The highest BCUT2D eigenvalue weighted by Gasteiger charge is 2.16. The highest BCUT2D eigenvalue weighted by molar-refractivity contribution is 5.83. The number of amides is 1. The molecule has 3 rings (SSSR count). The standard InChI is InChI=1S/C24H31N3O3/c1-24(2,3)27-22(28)16-30-23-18(8-7-11-21(23)29-4)14-25-13-12-17-15-26-20-10-6-5-9-19(17)20/h5-11,15,25-26H,12-14,16H2,1-4H3,(H,27,28). The first-order chi connectivity index (χ1) is 14.4. The third kappa shape index (κ3) is 5.76. The summed E-state index contributed by atoms with van der Waals surface area (Å²) >= 11 is 0. The van der Waals surface area contributed by atoms with E-state index in [2.05, 4.69) is 40.0 Å². The van der Waals surface area contributed by atoms with Gasteiger partial charge in [0.05, 0.1) is 7.11 Å². The van der Waals surface area contributed by atoms with Crippen molar-refractivity contribution in [1.82, 2.24) is 15.6 Å². The van der Waals surface area contributed by atoms with E-state index in [0.717, 1.165) is 24.0 Å². The molecule has 0 radical (unpaired) electrons. The molecule has 0 saturated carbocycles. The lowest BCUT2D eigenvalue weighted by Crippen LogP contribution is -2.43. The summed E-state index contributed by atoms with van der Waals surface area (Å²) in [7, 11) is 1.60. The molecule has 1 heterocycles. The van der Waals surface area contributed by atoms with Gasteiger partial charge >= 0.3 is 0 Å². The lowest BCUT2D eigenvalue weighted by Gasteiger charge is -2.21. The van der Waals surface area contributed by atoms with Gasteiger partial charge in [-0.3, -0.25) is 4.79 Å². The second kappa shape index (κ2) is 9.67. The van der Waals surface area contributed by atoms with Crippen molar-refractivity contribution < 1.29 is 14.3 Å². The highest BCUT2D eigenvalue weighted by Crippen LogP contribution is 2.31. The first-order valence-electron chi connectivity index (χ1n) is 10.2. The SMILES string of the molecule is COc1cccc(CNCCc2c[nH]c3ccccc23)c1OCC(=O)NC(C)(C)C. The number of rotatable bonds is 9. The molecule has 0 fully saturated rings. The van der Waals surface area contributed by atoms with Crippen LogP contribution in [0.5, 0.6) is 11.5 Å². The summed E-state index contributed by atoms with van der Waals surface area (Å²) in [5.74, 6) is 1.06. The number of benzene rings is 2. The number of methoxy groups -OCH3 is 1. The maximum Gasteiger partial charge on any atom is 0.258 e. The zero-order valence-corrected chi connectivity index (χ0v) is 18.2. The van der Waals surface area contributed by atoms with Gasteiger partial charge in [-0.25, -0.2) is 0 Å². The Morgan fingerprint density at radius 1 is 1.07 bits per heavy atom. The maximum absolute atomic E-state index is 12.1. The van der Waals surface area contributed by atoms with Crippen molar-refractivity contribution in [1.29, 1.82) is 0 Å². The Kier molecular flexibility index (Phi) is 7.00. The third-order valence-electron chi connectivity index (χ3n) is 4.70. The van der Waals surface area contributed by atoms with Crippen molar-refractivity contribution in [2.45, 2.75) is 39.3 Å². The highest BCUT2D eigenvalue weighted by atomic mass is 16.5. The van der Waals surface area contributed by atoms with Gasteiger partial charge < -0.3 is 25.1 Å². The molecule has 2 aromatic carbocycles. The minimum atomic E-state index is -0.298. The van der Waals surface area contributed by atoms with Crippen LogP contribution in [0.1, 0.15) is 31.9 Å². The fraction of sp³-hybridized carbons (Fsp3) is 0.375. The zero-order valence-electron chi connectivity index (χ0n) is 18.2. The van der Waals surface area contributed by atoms with E-state index in [1.807, 2.05) is 45.0 Å². The van der Waals surface area contributed by atoms with Crippen LogP contribution in [0.25, 0.3) is 10.9 Å². The van der Waals surface area contributed by atoms with Crippen molar-refractivity contribution in [2.75, 3.05) is 20.3 Å². The molecule has 1 aromatic heterocycles. The largest absolute Gasteiger partial charge is 0.493 e. The lowest BCUT2D eigenvalue weighted by atomic mass is 10.1. The van der Waals surface area contributed by atoms with Gasteiger partial charge in [0.1, 0.15) is 0 Å². The van der Waals surface area contributed by atoms with E-state index in [4.69, 9.17) is 9.47 Å². The summed E-state index contributed by atoms with van der Waals surface area (Å²) in [6.45, 7) is 7.21. The van der Waals surface area contributed by atoms with E-state index in [0.29, 0.717) is 18.0 Å². The van der Waals surface area contributed by atoms with Crippen molar-refractivity contribution in [3.05, 3.63) is 59.8 Å². The Balaban J connectivity index is 1.59. The Bertz CT molecular complexity index is 989. The van der Waals surface area contributed by atoms with E-state index in [1.165, 1.54) is 10.9 Å². The number of H-pyrrole nitrogens is 1. The van der Waals surface area contributed by atoms with Gasteiger partial charge in [-0.05, 0) is 51.4 Å². The topological polar surface area (TPSA) is 75.4 Å². The summed E-state index contributed by atoms with van der Waals surface area (Å²) in [5.41, 5.74) is 3.11. The molecule has 0 bridgehead atoms. The van der Waals surface area contributed by atoms with Crippen LogP contribution < -0.4 is 20.1 Å². The fourth-order valence-corrected chi connectivity index (χ4v) is 3.40. The van der Waals surface area contributed by atoms with Gasteiger partial charge in [-0.2, -0.15) is 0 Å². The summed E-state index contributed by atoms with van der Waals surface area (Å²) in [5, 5.41) is 7.64. The summed E-state index contributed by atoms with van der Waals surface area (Å²) in [4.78, 5) is 15.5. The Morgan fingerprint density at radius 2 is 1.87 bits per heavy atom. The van der Waals surface area contributed by atoms with Crippen LogP contribution in [0.4, 0.5) is 0 Å². The smallest absolute Gasteiger partial charge is 0.258 e. The van der Waals surface area contributed by atoms with E-state index in [1.54, 1.807) is 7.11 Å². The van der Waals surface area contributed by atoms with Crippen molar-refractivity contribution >= 4 is 16.8 Å². The number of nitrogens with one attached hydrogen (secondary N) is 3. The molecule has 6 heteroatoms. The second-order valence-electron chi connectivity index (χ2n) is 8.32. The predicted octanol–water partition coefficient (Wildman–Crippen LogP) is 3.80. The number of ether oxygens (including phenoxy) is 2. The third-order valence-corrected chi connectivity index (χ3v) is 4.70. The number of para-hydroxylation sites is 2. The predicted molar refractivity (Wildman–Crippen MR) is 120 cm³/mol. The van der Waals surface area contributed by atoms with Crippen LogP contribution >= 0.6 is 0 Å². The van der Waals surface area contributed by atoms with Crippen LogP contribution in [0.2, 0.25) is 0 Å². The molecule has 0 aliphatic rings. The fourth-order valence-electron chi connectivity index (χ4n) is 3.40. The minimum Gasteiger partial charge on any atom is -0.493 e. The van der Waals surface area contributed by atoms with Gasteiger partial charge in [0.25, 0.3) is 5.91 Å². The molecule has 0 saturated heterocycles. The van der Waals surface area contributed by atoms with Gasteiger partial charge in [0, 0.05) is 34.7 Å². The number of carbonyl (C=O) groups excluding carboxylic acids is 1. The van der Waals surface area contributed by atoms with E-state index < -0.39 is 0 Å². The molecule has 6 nitrogen and oxygen atoms in total. The number of aromatic nitrogens is 1. The Hall–Kier alpha value is -2.99. The Morgan fingerprint density at radius 3 is 2.63 bits per heavy atom. The quantitative estimate of drug-likeness (QED) is 0.470. The number of carbonyl (C=O) groups is 1. The van der Waals surface area contributed by atoms with Crippen LogP contribution in [0, 0.1) is 0 Å². The van der Waals surface area contributed by atoms with Gasteiger partial charge in [-0.1, -0.05) is 30.3 Å². The molecule has 0 spiro atoms. The zero-order chi connectivity index (χ0) is 21.6. The number of aromatic amines is 1. The first kappa shape index (κ1) is 21.7. The summed E-state index contributed by atoms with van der Waals surface area (Å²) < 4.78 is 11.3. The molecule has 3 aromatic rings. The van der Waals surface area contributed by atoms with E-state index >= 15 is 0 Å². The van der Waals surface area contributed by atoms with E-state index in [9.17, 15) is 4.79 Å². The van der Waals surface area contributed by atoms with Gasteiger partial charge in [0.15, 0.2) is 18.1 Å². The normalized spacial score (nSPS) is 11.5. The molecular weight excluding hydrogens is 378 g/mol. The number of hydrogen-bond acceptors (Lipinski definition) is 4. The average Bonchev–Trinajstić information content (AvgIpc) is 3.11. The molecule has 30 heavy (non-hydrogen) atoms. The second-order valence-corrected chi connectivity index (χ2v) is 8.32. The molecule has 3 N–H and O–H groups in total. The lowest BCUT2D eigenvalue weighted by molar-refractivity contribution is -0.124. The van der Waals surface area contributed by atoms with Gasteiger partial charge in [0.2, 0.25) is 0 Å². The van der Waals surface area contributed by atoms with Crippen LogP contribution in [-0.4, -0.2) is 36.7 Å². The Labute approximate surface area is 178 Å². The minimum absolute atomic E-state index is 0.0556. The van der Waals surface area contributed by atoms with Crippen molar-refractivity contribution in [2.24, 2.45) is 0 Å². The molecule has 0 aliphatic carbocycles. The number of hydrogen-bond donors (Lipinski definition) is 3. The monoisotopic (exact) mass is 409 g/mol. The molecule has 0 aliphatic heterocycles. The summed E-state index contributed by atoms with van der Waals surface area (Å²) in [6.07, 6.45) is 2.98.